The lowest BCUT2D eigenvalue weighted by Crippen LogP contribution is -2.35. The number of nitrogens with zero attached hydrogens (tertiary/aromatic N) is 1. The average Bonchev–Trinajstić information content (AvgIpc) is 3.14. The first-order chi connectivity index (χ1) is 9.68. The van der Waals surface area contributed by atoms with Crippen LogP contribution >= 0.6 is 0 Å². The Morgan fingerprint density at radius 2 is 1.55 bits per heavy atom. The van der Waals surface area contributed by atoms with E-state index in [-0.39, 0.29) is 41.5 Å². The van der Waals surface area contributed by atoms with Gasteiger partial charge in [-0.1, -0.05) is 42.5 Å². The maximum absolute atomic E-state index is 12.7. The molecule has 0 spiro atoms. The third kappa shape index (κ3) is 1.41. The minimum Gasteiger partial charge on any atom is -0.275 e. The quantitative estimate of drug-likeness (QED) is 0.610. The van der Waals surface area contributed by atoms with Crippen molar-refractivity contribution >= 4 is 11.8 Å². The topological polar surface area (TPSA) is 37.4 Å². The van der Waals surface area contributed by atoms with Crippen LogP contribution in [0.5, 0.6) is 0 Å². The highest BCUT2D eigenvalue weighted by atomic mass is 16.2. The molecule has 1 heterocycles. The van der Waals surface area contributed by atoms with E-state index >= 15 is 0 Å². The van der Waals surface area contributed by atoms with Gasteiger partial charge < -0.3 is 0 Å². The lowest BCUT2D eigenvalue weighted by molar-refractivity contribution is -0.143. The van der Waals surface area contributed by atoms with Gasteiger partial charge in [-0.05, 0) is 30.7 Å². The fourth-order valence-electron chi connectivity index (χ4n) is 4.19. The Labute approximate surface area is 118 Å². The van der Waals surface area contributed by atoms with Crippen LogP contribution in [0.15, 0.2) is 42.5 Å². The highest BCUT2D eigenvalue weighted by molar-refractivity contribution is 6.06. The minimum absolute atomic E-state index is 0.0354. The molecule has 20 heavy (non-hydrogen) atoms. The van der Waals surface area contributed by atoms with Crippen LogP contribution in [0.2, 0.25) is 0 Å². The Hall–Kier alpha value is -1.90. The molecule has 0 N–H and O–H groups in total. The van der Waals surface area contributed by atoms with Gasteiger partial charge in [0.1, 0.15) is 0 Å². The summed E-state index contributed by atoms with van der Waals surface area (Å²) < 4.78 is 0. The molecule has 1 saturated carbocycles. The van der Waals surface area contributed by atoms with Gasteiger partial charge in [0.2, 0.25) is 11.8 Å². The molecule has 1 saturated heterocycles. The molecule has 1 aliphatic heterocycles. The smallest absolute Gasteiger partial charge is 0.234 e. The number of hydrogen-bond donors (Lipinski definition) is 0. The van der Waals surface area contributed by atoms with Crippen LogP contribution in [0, 0.1) is 23.7 Å². The van der Waals surface area contributed by atoms with E-state index in [1.54, 1.807) is 0 Å². The zero-order valence-electron chi connectivity index (χ0n) is 11.4. The predicted octanol–water partition coefficient (Wildman–Crippen LogP) is 2.55. The van der Waals surface area contributed by atoms with Crippen LogP contribution in [0.1, 0.15) is 24.9 Å². The largest absolute Gasteiger partial charge is 0.275 e. The monoisotopic (exact) mass is 267 g/mol. The Kier molecular flexibility index (Phi) is 2.40. The zero-order valence-corrected chi connectivity index (χ0v) is 11.4. The number of rotatable bonds is 2. The second kappa shape index (κ2) is 4.05. The van der Waals surface area contributed by atoms with E-state index in [9.17, 15) is 9.59 Å². The molecule has 0 aromatic heterocycles. The number of fused-ring (bicyclic) bond motifs is 5. The first-order valence-electron chi connectivity index (χ1n) is 7.28. The summed E-state index contributed by atoms with van der Waals surface area (Å²) in [7, 11) is 0. The van der Waals surface area contributed by atoms with E-state index in [2.05, 4.69) is 12.2 Å². The molecule has 102 valence electrons. The number of imide groups is 1. The average molecular weight is 267 g/mol. The molecule has 5 atom stereocenters. The van der Waals surface area contributed by atoms with Gasteiger partial charge in [-0.2, -0.15) is 0 Å². The summed E-state index contributed by atoms with van der Waals surface area (Å²) in [6.07, 6.45) is 5.25. The highest BCUT2D eigenvalue weighted by Gasteiger charge is 2.60. The summed E-state index contributed by atoms with van der Waals surface area (Å²) in [5, 5.41) is 0. The van der Waals surface area contributed by atoms with E-state index in [1.807, 2.05) is 37.3 Å². The van der Waals surface area contributed by atoms with E-state index in [4.69, 9.17) is 0 Å². The number of carbonyl (C=O) groups excluding carboxylic acids is 2. The number of amides is 2. The van der Waals surface area contributed by atoms with Crippen LogP contribution < -0.4 is 0 Å². The summed E-state index contributed by atoms with van der Waals surface area (Å²) in [5.41, 5.74) is 1.02. The molecule has 1 aromatic rings. The normalized spacial score (nSPS) is 35.8. The Balaban J connectivity index is 1.68. The summed E-state index contributed by atoms with van der Waals surface area (Å²) >= 11 is 0. The maximum atomic E-state index is 12.7. The first-order valence-corrected chi connectivity index (χ1v) is 7.28. The van der Waals surface area contributed by atoms with Gasteiger partial charge in [-0.25, -0.2) is 0 Å². The summed E-state index contributed by atoms with van der Waals surface area (Å²) in [5.74, 6) is 0.456. The van der Waals surface area contributed by atoms with Crippen LogP contribution in [-0.2, 0) is 9.59 Å². The Morgan fingerprint density at radius 3 is 2.10 bits per heavy atom. The van der Waals surface area contributed by atoms with Gasteiger partial charge in [-0.15, -0.1) is 0 Å². The number of benzene rings is 1. The van der Waals surface area contributed by atoms with E-state index in [1.165, 1.54) is 4.90 Å². The minimum atomic E-state index is -0.166. The molecule has 3 heteroatoms. The molecule has 2 aliphatic carbocycles. The van der Waals surface area contributed by atoms with Crippen molar-refractivity contribution in [3.05, 3.63) is 48.0 Å². The molecular formula is C17H17NO2. The summed E-state index contributed by atoms with van der Waals surface area (Å²) in [4.78, 5) is 26.9. The molecule has 4 rings (SSSR count). The lowest BCUT2D eigenvalue weighted by Gasteiger charge is -2.24. The van der Waals surface area contributed by atoms with Crippen LogP contribution in [0.3, 0.4) is 0 Å². The molecule has 2 bridgehead atoms. The first kappa shape index (κ1) is 11.9. The van der Waals surface area contributed by atoms with Crippen molar-refractivity contribution in [3.63, 3.8) is 0 Å². The highest BCUT2D eigenvalue weighted by Crippen LogP contribution is 2.53. The van der Waals surface area contributed by atoms with Gasteiger partial charge in [0.05, 0.1) is 17.9 Å². The fraction of sp³-hybridized carbons (Fsp3) is 0.412. The predicted molar refractivity (Wildman–Crippen MR) is 74.4 cm³/mol. The fourth-order valence-corrected chi connectivity index (χ4v) is 4.19. The summed E-state index contributed by atoms with van der Waals surface area (Å²) in [6, 6.07) is 9.63. The third-order valence-corrected chi connectivity index (χ3v) is 5.17. The van der Waals surface area contributed by atoms with Crippen molar-refractivity contribution in [1.82, 2.24) is 4.90 Å². The lowest BCUT2D eigenvalue weighted by atomic mass is 9.85. The zero-order chi connectivity index (χ0) is 13.9. The van der Waals surface area contributed by atoms with E-state index in [0.29, 0.717) is 0 Å². The van der Waals surface area contributed by atoms with E-state index in [0.717, 1.165) is 12.0 Å². The van der Waals surface area contributed by atoms with Gasteiger partial charge >= 0.3 is 0 Å². The van der Waals surface area contributed by atoms with Crippen molar-refractivity contribution in [1.29, 1.82) is 0 Å². The van der Waals surface area contributed by atoms with Gasteiger partial charge in [-0.3, -0.25) is 14.5 Å². The van der Waals surface area contributed by atoms with E-state index < -0.39 is 0 Å². The SMILES string of the molecule is C[C@@H](c1ccccc1)N1C(=O)[C@@H]2[C@H](C1=O)[C@H]1C=C[C@H]2C1. The van der Waals surface area contributed by atoms with Crippen molar-refractivity contribution in [3.8, 4) is 0 Å². The number of allylic oxidation sites excluding steroid dienone is 2. The van der Waals surface area contributed by atoms with Crippen molar-refractivity contribution in [2.75, 3.05) is 0 Å². The van der Waals surface area contributed by atoms with Gasteiger partial charge in [0, 0.05) is 0 Å². The van der Waals surface area contributed by atoms with Crippen molar-refractivity contribution in [2.45, 2.75) is 19.4 Å². The third-order valence-electron chi connectivity index (χ3n) is 5.17. The maximum Gasteiger partial charge on any atom is 0.234 e. The Morgan fingerprint density at radius 1 is 1.00 bits per heavy atom. The molecule has 2 fully saturated rings. The molecule has 2 amide bonds. The standard InChI is InChI=1S/C17H17NO2/c1-10(11-5-3-2-4-6-11)18-16(19)14-12-7-8-13(9-12)15(14)17(18)20/h2-8,10,12-15H,9H2,1H3/t10-,12-,13-,14-,15+/m0/s1. The van der Waals surface area contributed by atoms with Gasteiger partial charge in [0.25, 0.3) is 0 Å². The molecule has 0 radical (unpaired) electrons. The Bertz CT molecular complexity index is 577. The molecule has 1 aromatic carbocycles. The second-order valence-electron chi connectivity index (χ2n) is 6.13. The van der Waals surface area contributed by atoms with Crippen LogP contribution in [0.25, 0.3) is 0 Å². The summed E-state index contributed by atoms with van der Waals surface area (Å²) in [6.45, 7) is 1.95. The number of likely N-dealkylation sites (tertiary alicyclic amines) is 1. The second-order valence-corrected chi connectivity index (χ2v) is 6.13. The molecule has 0 unspecified atom stereocenters. The van der Waals surface area contributed by atoms with Crippen LogP contribution in [0.4, 0.5) is 0 Å². The number of hydrogen-bond acceptors (Lipinski definition) is 2. The van der Waals surface area contributed by atoms with Crippen molar-refractivity contribution in [2.24, 2.45) is 23.7 Å². The molecule has 3 nitrogen and oxygen atoms in total. The van der Waals surface area contributed by atoms with Gasteiger partial charge in [0.15, 0.2) is 0 Å². The molecular weight excluding hydrogens is 250 g/mol. The van der Waals surface area contributed by atoms with Crippen molar-refractivity contribution < 1.29 is 9.59 Å². The van der Waals surface area contributed by atoms with Crippen LogP contribution in [-0.4, -0.2) is 16.7 Å². The molecule has 3 aliphatic rings. The number of carbonyl (C=O) groups is 2.